The zero-order valence-corrected chi connectivity index (χ0v) is 11.9. The van der Waals surface area contributed by atoms with Crippen molar-refractivity contribution in [3.05, 3.63) is 24.3 Å². The maximum absolute atomic E-state index is 5.86. The summed E-state index contributed by atoms with van der Waals surface area (Å²) >= 11 is 4.43. The monoisotopic (exact) mass is 266 g/mol. The van der Waals surface area contributed by atoms with Gasteiger partial charge in [-0.3, -0.25) is 0 Å². The van der Waals surface area contributed by atoms with E-state index in [-0.39, 0.29) is 0 Å². The van der Waals surface area contributed by atoms with Crippen LogP contribution >= 0.6 is 12.6 Å². The van der Waals surface area contributed by atoms with Gasteiger partial charge in [0, 0.05) is 5.41 Å². The summed E-state index contributed by atoms with van der Waals surface area (Å²) in [6.45, 7) is 3.65. The van der Waals surface area contributed by atoms with E-state index in [1.165, 1.54) is 19.3 Å². The lowest BCUT2D eigenvalue weighted by Gasteiger charge is -2.40. The molecule has 2 rings (SSSR count). The van der Waals surface area contributed by atoms with Gasteiger partial charge in [0.05, 0.1) is 13.2 Å². The Morgan fingerprint density at radius 2 is 1.72 bits per heavy atom. The third-order valence-corrected chi connectivity index (χ3v) is 4.26. The number of hydrogen-bond donors (Lipinski definition) is 1. The van der Waals surface area contributed by atoms with E-state index in [2.05, 4.69) is 19.6 Å². The minimum atomic E-state index is 0.320. The summed E-state index contributed by atoms with van der Waals surface area (Å²) in [6.07, 6.45) is 4.83. The van der Waals surface area contributed by atoms with E-state index in [1.807, 2.05) is 24.3 Å². The molecule has 0 bridgehead atoms. The molecule has 1 fully saturated rings. The third-order valence-electron chi connectivity index (χ3n) is 3.59. The summed E-state index contributed by atoms with van der Waals surface area (Å²) in [5.74, 6) is 2.76. The normalized spacial score (nSPS) is 17.0. The van der Waals surface area contributed by atoms with Gasteiger partial charge in [-0.2, -0.15) is 12.6 Å². The van der Waals surface area contributed by atoms with Gasteiger partial charge < -0.3 is 9.47 Å². The van der Waals surface area contributed by atoms with Crippen molar-refractivity contribution in [2.24, 2.45) is 5.41 Å². The molecule has 3 heteroatoms. The molecule has 0 atom stereocenters. The average Bonchev–Trinajstić information content (AvgIpc) is 2.37. The minimum absolute atomic E-state index is 0.320. The van der Waals surface area contributed by atoms with Crippen LogP contribution in [0.1, 0.15) is 32.6 Å². The van der Waals surface area contributed by atoms with Gasteiger partial charge in [-0.05, 0) is 49.3 Å². The lowest BCUT2D eigenvalue weighted by Crippen LogP contribution is -2.37. The summed E-state index contributed by atoms with van der Waals surface area (Å²) < 4.78 is 11.4. The summed E-state index contributed by atoms with van der Waals surface area (Å²) in [5.41, 5.74) is 0.320. The fourth-order valence-corrected chi connectivity index (χ4v) is 2.52. The Bertz CT molecular complexity index is 352. The van der Waals surface area contributed by atoms with Crippen LogP contribution < -0.4 is 9.47 Å². The van der Waals surface area contributed by atoms with Crippen LogP contribution in [0.2, 0.25) is 0 Å². The van der Waals surface area contributed by atoms with Crippen molar-refractivity contribution < 1.29 is 9.47 Å². The van der Waals surface area contributed by atoms with Gasteiger partial charge in [-0.15, -0.1) is 0 Å². The van der Waals surface area contributed by atoms with Crippen LogP contribution in [-0.2, 0) is 0 Å². The Hall–Kier alpha value is -0.830. The molecular weight excluding hydrogens is 244 g/mol. The fourth-order valence-electron chi connectivity index (χ4n) is 2.11. The van der Waals surface area contributed by atoms with Crippen molar-refractivity contribution in [3.8, 4) is 11.5 Å². The second-order valence-corrected chi connectivity index (χ2v) is 5.44. The third kappa shape index (κ3) is 3.35. The molecule has 0 aliphatic heterocycles. The van der Waals surface area contributed by atoms with Crippen molar-refractivity contribution in [2.75, 3.05) is 19.0 Å². The number of benzene rings is 1. The molecular formula is C15H22O2S. The molecule has 0 aromatic heterocycles. The molecule has 0 unspecified atom stereocenters. The summed E-state index contributed by atoms with van der Waals surface area (Å²) in [7, 11) is 0. The number of thiol groups is 1. The van der Waals surface area contributed by atoms with Crippen LogP contribution in [0, 0.1) is 5.41 Å². The highest BCUT2D eigenvalue weighted by atomic mass is 32.1. The first-order valence-electron chi connectivity index (χ1n) is 6.74. The molecule has 0 N–H and O–H groups in total. The smallest absolute Gasteiger partial charge is 0.119 e. The lowest BCUT2D eigenvalue weighted by molar-refractivity contribution is 0.0829. The Morgan fingerprint density at radius 3 is 2.17 bits per heavy atom. The zero-order valence-electron chi connectivity index (χ0n) is 11.0. The van der Waals surface area contributed by atoms with Crippen molar-refractivity contribution >= 4 is 12.6 Å². The Kier molecular flexibility index (Phi) is 4.81. The van der Waals surface area contributed by atoms with Gasteiger partial charge in [-0.25, -0.2) is 0 Å². The quantitative estimate of drug-likeness (QED) is 0.753. The Balaban J connectivity index is 1.82. The van der Waals surface area contributed by atoms with E-state index in [0.717, 1.165) is 36.9 Å². The van der Waals surface area contributed by atoms with Crippen LogP contribution in [0.4, 0.5) is 0 Å². The van der Waals surface area contributed by atoms with Gasteiger partial charge in [-0.1, -0.05) is 13.3 Å². The predicted molar refractivity (Wildman–Crippen MR) is 77.9 cm³/mol. The van der Waals surface area contributed by atoms with Crippen molar-refractivity contribution in [3.63, 3.8) is 0 Å². The SMILES string of the molecule is CCCOc1ccc(OCC2(CS)CCC2)cc1. The lowest BCUT2D eigenvalue weighted by atomic mass is 9.71. The maximum atomic E-state index is 5.86. The molecule has 1 aliphatic carbocycles. The first-order valence-corrected chi connectivity index (χ1v) is 7.38. The van der Waals surface area contributed by atoms with E-state index in [0.29, 0.717) is 5.41 Å². The average molecular weight is 266 g/mol. The number of rotatable bonds is 7. The predicted octanol–water partition coefficient (Wildman–Crippen LogP) is 3.95. The minimum Gasteiger partial charge on any atom is -0.494 e. The van der Waals surface area contributed by atoms with Crippen molar-refractivity contribution in [1.29, 1.82) is 0 Å². The second kappa shape index (κ2) is 6.37. The number of hydrogen-bond acceptors (Lipinski definition) is 3. The summed E-state index contributed by atoms with van der Waals surface area (Å²) in [6, 6.07) is 7.91. The van der Waals surface area contributed by atoms with Crippen molar-refractivity contribution in [2.45, 2.75) is 32.6 Å². The van der Waals surface area contributed by atoms with E-state index < -0.39 is 0 Å². The van der Waals surface area contributed by atoms with Gasteiger partial charge in [0.2, 0.25) is 0 Å². The summed E-state index contributed by atoms with van der Waals surface area (Å²) in [5, 5.41) is 0. The number of ether oxygens (including phenoxy) is 2. The Labute approximate surface area is 115 Å². The van der Waals surface area contributed by atoms with Gasteiger partial charge in [0.15, 0.2) is 0 Å². The van der Waals surface area contributed by atoms with Crippen LogP contribution in [0.25, 0.3) is 0 Å². The molecule has 0 saturated heterocycles. The van der Waals surface area contributed by atoms with E-state index in [9.17, 15) is 0 Å². The first kappa shape index (κ1) is 13.6. The molecule has 18 heavy (non-hydrogen) atoms. The van der Waals surface area contributed by atoms with E-state index in [1.54, 1.807) is 0 Å². The Morgan fingerprint density at radius 1 is 1.11 bits per heavy atom. The van der Waals surface area contributed by atoms with E-state index >= 15 is 0 Å². The largest absolute Gasteiger partial charge is 0.494 e. The fraction of sp³-hybridized carbons (Fsp3) is 0.600. The standard InChI is InChI=1S/C15H22O2S/c1-2-10-16-13-4-6-14(7-5-13)17-11-15(12-18)8-3-9-15/h4-7,18H,2-3,8-12H2,1H3. The van der Waals surface area contributed by atoms with Crippen LogP contribution in [0.5, 0.6) is 11.5 Å². The molecule has 2 nitrogen and oxygen atoms in total. The first-order chi connectivity index (χ1) is 8.78. The molecule has 0 amide bonds. The molecule has 1 aromatic carbocycles. The molecule has 1 aliphatic rings. The van der Waals surface area contributed by atoms with Crippen molar-refractivity contribution in [1.82, 2.24) is 0 Å². The van der Waals surface area contributed by atoms with Gasteiger partial charge >= 0.3 is 0 Å². The van der Waals surface area contributed by atoms with Crippen LogP contribution in [-0.4, -0.2) is 19.0 Å². The molecule has 0 heterocycles. The van der Waals surface area contributed by atoms with Crippen LogP contribution in [0.15, 0.2) is 24.3 Å². The molecule has 0 spiro atoms. The molecule has 1 saturated carbocycles. The topological polar surface area (TPSA) is 18.5 Å². The van der Waals surface area contributed by atoms with Crippen LogP contribution in [0.3, 0.4) is 0 Å². The molecule has 1 aromatic rings. The molecule has 100 valence electrons. The highest BCUT2D eigenvalue weighted by Gasteiger charge is 2.36. The second-order valence-electron chi connectivity index (χ2n) is 5.12. The van der Waals surface area contributed by atoms with Gasteiger partial charge in [0.1, 0.15) is 11.5 Å². The van der Waals surface area contributed by atoms with E-state index in [4.69, 9.17) is 9.47 Å². The maximum Gasteiger partial charge on any atom is 0.119 e. The summed E-state index contributed by atoms with van der Waals surface area (Å²) in [4.78, 5) is 0. The zero-order chi connectivity index (χ0) is 12.8. The highest BCUT2D eigenvalue weighted by Crippen LogP contribution is 2.42. The molecule has 0 radical (unpaired) electrons. The van der Waals surface area contributed by atoms with Gasteiger partial charge in [0.25, 0.3) is 0 Å². The highest BCUT2D eigenvalue weighted by molar-refractivity contribution is 7.80.